The number of sulfone groups is 1. The van der Waals surface area contributed by atoms with Crippen molar-refractivity contribution in [3.8, 4) is 0 Å². The van der Waals surface area contributed by atoms with Gasteiger partial charge in [0.25, 0.3) is 0 Å². The van der Waals surface area contributed by atoms with Crippen LogP contribution in [-0.4, -0.2) is 42.7 Å². The van der Waals surface area contributed by atoms with E-state index in [-0.39, 0.29) is 22.8 Å². The molecule has 0 unspecified atom stereocenters. The molecule has 6 nitrogen and oxygen atoms in total. The van der Waals surface area contributed by atoms with Crippen LogP contribution < -0.4 is 5.73 Å². The highest BCUT2D eigenvalue weighted by Crippen LogP contribution is 2.25. The van der Waals surface area contributed by atoms with Crippen molar-refractivity contribution in [1.29, 1.82) is 0 Å². The van der Waals surface area contributed by atoms with Gasteiger partial charge < -0.3 is 10.8 Å². The number of carboxylic acid groups (broad SMARTS) is 1. The van der Waals surface area contributed by atoms with Crippen molar-refractivity contribution < 1.29 is 23.1 Å². The molecule has 0 bridgehead atoms. The normalized spacial score (nSPS) is 11.4. The number of nitrogens with two attached hydrogens (primary N) is 1. The maximum Gasteiger partial charge on any atom is 0.345 e. The van der Waals surface area contributed by atoms with Gasteiger partial charge in [0.15, 0.2) is 9.84 Å². The van der Waals surface area contributed by atoms with Gasteiger partial charge >= 0.3 is 5.97 Å². The first-order chi connectivity index (χ1) is 8.80. The summed E-state index contributed by atoms with van der Waals surface area (Å²) >= 11 is 2.37. The molecular weight excluding hydrogens is 310 g/mol. The van der Waals surface area contributed by atoms with Crippen molar-refractivity contribution in [3.63, 3.8) is 0 Å². The molecule has 1 aromatic heterocycles. The fourth-order valence-electron chi connectivity index (χ4n) is 1.15. The zero-order valence-electron chi connectivity index (χ0n) is 9.87. The molecule has 0 aromatic carbocycles. The number of carboxylic acids is 1. The monoisotopic (exact) mass is 323 g/mol. The molecule has 3 N–H and O–H groups in total. The smallest absolute Gasteiger partial charge is 0.345 e. The minimum absolute atomic E-state index is 0.0663. The van der Waals surface area contributed by atoms with Crippen LogP contribution >= 0.6 is 23.1 Å². The SMILES string of the molecule is NC(=O)CCS(=O)(=O)CCSc1csc(C(=O)O)c1. The van der Waals surface area contributed by atoms with Crippen LogP contribution in [0.1, 0.15) is 16.1 Å². The van der Waals surface area contributed by atoms with Crippen molar-refractivity contribution in [2.75, 3.05) is 17.3 Å². The van der Waals surface area contributed by atoms with Crippen LogP contribution in [-0.2, 0) is 14.6 Å². The predicted octanol–water partition coefficient (Wildman–Crippen LogP) is 0.829. The first-order valence-electron chi connectivity index (χ1n) is 5.23. The van der Waals surface area contributed by atoms with Crippen LogP contribution in [0.15, 0.2) is 16.3 Å². The Morgan fingerprint density at radius 1 is 1.37 bits per heavy atom. The van der Waals surface area contributed by atoms with Crippen LogP contribution in [0.4, 0.5) is 0 Å². The largest absolute Gasteiger partial charge is 0.477 e. The molecule has 1 aromatic rings. The Bertz CT molecular complexity index is 563. The molecule has 0 atom stereocenters. The highest BCUT2D eigenvalue weighted by atomic mass is 32.2. The Balaban J connectivity index is 2.40. The van der Waals surface area contributed by atoms with E-state index in [1.54, 1.807) is 5.38 Å². The van der Waals surface area contributed by atoms with Crippen LogP contribution in [0.3, 0.4) is 0 Å². The van der Waals surface area contributed by atoms with Crippen molar-refractivity contribution >= 4 is 44.8 Å². The van der Waals surface area contributed by atoms with E-state index in [1.165, 1.54) is 17.8 Å². The molecule has 0 aliphatic carbocycles. The van der Waals surface area contributed by atoms with Crippen molar-refractivity contribution in [1.82, 2.24) is 0 Å². The minimum Gasteiger partial charge on any atom is -0.477 e. The molecule has 9 heteroatoms. The third-order valence-corrected chi connectivity index (χ3v) is 6.06. The Labute approximate surface area is 118 Å². The molecule has 0 aliphatic heterocycles. The first-order valence-corrected chi connectivity index (χ1v) is 8.92. The summed E-state index contributed by atoms with van der Waals surface area (Å²) < 4.78 is 23.1. The van der Waals surface area contributed by atoms with E-state index in [0.717, 1.165) is 16.2 Å². The number of hydrogen-bond donors (Lipinski definition) is 2. The number of aromatic carboxylic acids is 1. The van der Waals surface area contributed by atoms with Crippen molar-refractivity contribution in [2.45, 2.75) is 11.3 Å². The van der Waals surface area contributed by atoms with E-state index in [2.05, 4.69) is 0 Å². The molecule has 106 valence electrons. The molecule has 0 fully saturated rings. The molecule has 1 heterocycles. The lowest BCUT2D eigenvalue weighted by atomic mass is 10.5. The van der Waals surface area contributed by atoms with Gasteiger partial charge in [-0.15, -0.1) is 23.1 Å². The average molecular weight is 323 g/mol. The van der Waals surface area contributed by atoms with Gasteiger partial charge in [-0.25, -0.2) is 13.2 Å². The summed E-state index contributed by atoms with van der Waals surface area (Å²) in [7, 11) is -3.29. The molecule has 1 amide bonds. The molecule has 0 spiro atoms. The second-order valence-electron chi connectivity index (χ2n) is 3.67. The number of amides is 1. The third-order valence-electron chi connectivity index (χ3n) is 2.11. The lowest BCUT2D eigenvalue weighted by Crippen LogP contribution is -2.19. The van der Waals surface area contributed by atoms with Crippen LogP contribution in [0, 0.1) is 0 Å². The van der Waals surface area contributed by atoms with Crippen LogP contribution in [0.25, 0.3) is 0 Å². The maximum atomic E-state index is 11.5. The summed E-state index contributed by atoms with van der Waals surface area (Å²) in [5, 5.41) is 10.4. The minimum atomic E-state index is -3.29. The number of rotatable bonds is 8. The number of carbonyl (C=O) groups excluding carboxylic acids is 1. The lowest BCUT2D eigenvalue weighted by molar-refractivity contribution is -0.117. The summed E-state index contributed by atoms with van der Waals surface area (Å²) in [5.74, 6) is -1.63. The second kappa shape index (κ2) is 6.92. The fourth-order valence-corrected chi connectivity index (χ4v) is 4.75. The molecule has 0 radical (unpaired) electrons. The van der Waals surface area contributed by atoms with E-state index < -0.39 is 21.7 Å². The van der Waals surface area contributed by atoms with Gasteiger partial charge in [-0.05, 0) is 6.07 Å². The fraction of sp³-hybridized carbons (Fsp3) is 0.400. The number of carbonyl (C=O) groups is 2. The summed E-state index contributed by atoms with van der Waals surface area (Å²) in [5.41, 5.74) is 4.89. The number of hydrogen-bond acceptors (Lipinski definition) is 6. The van der Waals surface area contributed by atoms with Gasteiger partial charge in [-0.1, -0.05) is 0 Å². The molecule has 19 heavy (non-hydrogen) atoms. The third kappa shape index (κ3) is 6.08. The van der Waals surface area contributed by atoms with Gasteiger partial charge in [-0.2, -0.15) is 0 Å². The van der Waals surface area contributed by atoms with Gasteiger partial charge in [0.2, 0.25) is 5.91 Å². The lowest BCUT2D eigenvalue weighted by Gasteiger charge is -2.02. The number of thiophene rings is 1. The predicted molar refractivity (Wildman–Crippen MR) is 74.5 cm³/mol. The molecule has 0 aliphatic rings. The van der Waals surface area contributed by atoms with E-state index in [0.29, 0.717) is 5.75 Å². The maximum absolute atomic E-state index is 11.5. The molecular formula is C10H13NO5S3. The average Bonchev–Trinajstić information content (AvgIpc) is 2.75. The van der Waals surface area contributed by atoms with Crippen molar-refractivity contribution in [2.24, 2.45) is 5.73 Å². The van der Waals surface area contributed by atoms with E-state index >= 15 is 0 Å². The zero-order chi connectivity index (χ0) is 14.5. The standard InChI is InChI=1S/C10H13NO5S3/c11-9(12)1-3-19(15,16)4-2-17-7-5-8(10(13)14)18-6-7/h5-6H,1-4H2,(H2,11,12)(H,13,14). The quantitative estimate of drug-likeness (QED) is 0.685. The van der Waals surface area contributed by atoms with Crippen molar-refractivity contribution in [3.05, 3.63) is 16.3 Å². The van der Waals surface area contributed by atoms with Gasteiger partial charge in [0.1, 0.15) is 4.88 Å². The first kappa shape index (κ1) is 16.0. The van der Waals surface area contributed by atoms with Gasteiger partial charge in [0.05, 0.1) is 11.5 Å². The zero-order valence-corrected chi connectivity index (χ0v) is 12.3. The molecule has 0 saturated carbocycles. The summed E-state index contributed by atoms with van der Waals surface area (Å²) in [6, 6.07) is 1.51. The van der Waals surface area contributed by atoms with Gasteiger partial charge in [0, 0.05) is 22.4 Å². The summed E-state index contributed by atoms with van der Waals surface area (Å²) in [6.07, 6.45) is -0.172. The van der Waals surface area contributed by atoms with E-state index in [1.807, 2.05) is 0 Å². The van der Waals surface area contributed by atoms with Gasteiger partial charge in [-0.3, -0.25) is 4.79 Å². The highest BCUT2D eigenvalue weighted by molar-refractivity contribution is 8.00. The Hall–Kier alpha value is -1.06. The summed E-state index contributed by atoms with van der Waals surface area (Å²) in [4.78, 5) is 22.1. The Morgan fingerprint density at radius 2 is 2.05 bits per heavy atom. The second-order valence-corrected chi connectivity index (χ2v) is 8.05. The summed E-state index contributed by atoms with van der Waals surface area (Å²) in [6.45, 7) is 0. The van der Waals surface area contributed by atoms with Crippen LogP contribution in [0.5, 0.6) is 0 Å². The molecule has 1 rings (SSSR count). The topological polar surface area (TPSA) is 115 Å². The van der Waals surface area contributed by atoms with E-state index in [4.69, 9.17) is 10.8 Å². The Morgan fingerprint density at radius 3 is 2.58 bits per heavy atom. The molecule has 0 saturated heterocycles. The Kier molecular flexibility index (Phi) is 5.83. The highest BCUT2D eigenvalue weighted by Gasteiger charge is 2.13. The van der Waals surface area contributed by atoms with Crippen LogP contribution in [0.2, 0.25) is 0 Å². The number of primary amides is 1. The van der Waals surface area contributed by atoms with E-state index in [9.17, 15) is 18.0 Å². The number of thioether (sulfide) groups is 1.